The van der Waals surface area contributed by atoms with E-state index in [9.17, 15) is 4.79 Å². The first-order chi connectivity index (χ1) is 9.58. The number of nitrogens with one attached hydrogen (secondary N) is 1. The van der Waals surface area contributed by atoms with Crippen molar-refractivity contribution in [1.29, 1.82) is 0 Å². The van der Waals surface area contributed by atoms with Crippen LogP contribution in [0.15, 0.2) is 30.7 Å². The van der Waals surface area contributed by atoms with E-state index in [1.165, 1.54) is 0 Å². The molecule has 0 aliphatic carbocycles. The smallest absolute Gasteiger partial charge is 0.254 e. The van der Waals surface area contributed by atoms with Gasteiger partial charge in [-0.05, 0) is 19.1 Å². The molecule has 0 fully saturated rings. The summed E-state index contributed by atoms with van der Waals surface area (Å²) >= 11 is 0. The molecule has 0 aromatic carbocycles. The van der Waals surface area contributed by atoms with Crippen LogP contribution in [0.3, 0.4) is 0 Å². The summed E-state index contributed by atoms with van der Waals surface area (Å²) in [6.45, 7) is 3.13. The first-order valence-corrected chi connectivity index (χ1v) is 6.48. The predicted octanol–water partition coefficient (Wildman–Crippen LogP) is 1.08. The summed E-state index contributed by atoms with van der Waals surface area (Å²) < 4.78 is 2.01. The van der Waals surface area contributed by atoms with Gasteiger partial charge in [0.25, 0.3) is 5.91 Å². The number of carbonyl (C=O) groups is 1. The van der Waals surface area contributed by atoms with Crippen LogP contribution in [-0.4, -0.2) is 41.1 Å². The molecular formula is C14H19N5O. The monoisotopic (exact) mass is 273 g/mol. The Morgan fingerprint density at radius 2 is 2.05 bits per heavy atom. The highest BCUT2D eigenvalue weighted by Crippen LogP contribution is 2.08. The van der Waals surface area contributed by atoms with Crippen LogP contribution in [0.2, 0.25) is 0 Å². The SMILES string of the molecule is Cc1nc(N(C)C)ncc1C(=O)NCCn1cccc1. The summed E-state index contributed by atoms with van der Waals surface area (Å²) in [6.07, 6.45) is 5.50. The van der Waals surface area contributed by atoms with Crippen molar-refractivity contribution in [2.75, 3.05) is 25.5 Å². The molecule has 0 unspecified atom stereocenters. The Morgan fingerprint density at radius 1 is 1.35 bits per heavy atom. The van der Waals surface area contributed by atoms with E-state index in [1.54, 1.807) is 11.1 Å². The Balaban J connectivity index is 1.95. The lowest BCUT2D eigenvalue weighted by Crippen LogP contribution is -2.28. The van der Waals surface area contributed by atoms with E-state index in [0.717, 1.165) is 6.54 Å². The second kappa shape index (κ2) is 6.18. The summed E-state index contributed by atoms with van der Waals surface area (Å²) in [4.78, 5) is 22.3. The lowest BCUT2D eigenvalue weighted by Gasteiger charge is -2.12. The molecule has 0 spiro atoms. The molecule has 20 heavy (non-hydrogen) atoms. The number of rotatable bonds is 5. The molecule has 2 aromatic heterocycles. The fraction of sp³-hybridized carbons (Fsp3) is 0.357. The molecule has 106 valence electrons. The van der Waals surface area contributed by atoms with Crippen molar-refractivity contribution in [3.8, 4) is 0 Å². The van der Waals surface area contributed by atoms with E-state index >= 15 is 0 Å². The second-order valence-corrected chi connectivity index (χ2v) is 4.74. The Hall–Kier alpha value is -2.37. The number of anilines is 1. The molecule has 6 heteroatoms. The van der Waals surface area contributed by atoms with Gasteiger partial charge in [-0.3, -0.25) is 4.79 Å². The van der Waals surface area contributed by atoms with Crippen molar-refractivity contribution in [2.24, 2.45) is 0 Å². The molecule has 0 saturated carbocycles. The lowest BCUT2D eigenvalue weighted by atomic mass is 10.2. The Morgan fingerprint density at radius 3 is 2.65 bits per heavy atom. The Labute approximate surface area is 118 Å². The van der Waals surface area contributed by atoms with Gasteiger partial charge in [0.2, 0.25) is 5.95 Å². The molecule has 2 rings (SSSR count). The third kappa shape index (κ3) is 3.34. The van der Waals surface area contributed by atoms with Crippen LogP contribution in [-0.2, 0) is 6.54 Å². The van der Waals surface area contributed by atoms with E-state index in [0.29, 0.717) is 23.8 Å². The van der Waals surface area contributed by atoms with Gasteiger partial charge in [0, 0.05) is 45.8 Å². The quantitative estimate of drug-likeness (QED) is 0.885. The lowest BCUT2D eigenvalue weighted by molar-refractivity contribution is 0.0951. The number of nitrogens with zero attached hydrogens (tertiary/aromatic N) is 4. The maximum Gasteiger partial charge on any atom is 0.254 e. The van der Waals surface area contributed by atoms with Gasteiger partial charge >= 0.3 is 0 Å². The van der Waals surface area contributed by atoms with Crippen LogP contribution in [0, 0.1) is 6.92 Å². The van der Waals surface area contributed by atoms with E-state index < -0.39 is 0 Å². The topological polar surface area (TPSA) is 63.1 Å². The van der Waals surface area contributed by atoms with Crippen LogP contribution in [0.4, 0.5) is 5.95 Å². The largest absolute Gasteiger partial charge is 0.353 e. The molecule has 1 N–H and O–H groups in total. The fourth-order valence-corrected chi connectivity index (χ4v) is 1.81. The summed E-state index contributed by atoms with van der Waals surface area (Å²) in [5.41, 5.74) is 1.20. The number of aromatic nitrogens is 3. The third-order valence-corrected chi connectivity index (χ3v) is 2.93. The number of hydrogen-bond acceptors (Lipinski definition) is 4. The van der Waals surface area contributed by atoms with Gasteiger partial charge in [-0.15, -0.1) is 0 Å². The maximum absolute atomic E-state index is 12.1. The molecule has 0 radical (unpaired) electrons. The Bertz CT molecular complexity index is 577. The van der Waals surface area contributed by atoms with Crippen LogP contribution in [0.5, 0.6) is 0 Å². The van der Waals surface area contributed by atoms with Crippen molar-refractivity contribution in [2.45, 2.75) is 13.5 Å². The molecule has 2 aromatic rings. The normalized spacial score (nSPS) is 10.3. The van der Waals surface area contributed by atoms with Gasteiger partial charge in [0.1, 0.15) is 0 Å². The van der Waals surface area contributed by atoms with Gasteiger partial charge < -0.3 is 14.8 Å². The molecule has 2 heterocycles. The zero-order valence-electron chi connectivity index (χ0n) is 12.0. The highest BCUT2D eigenvalue weighted by atomic mass is 16.1. The average Bonchev–Trinajstić information content (AvgIpc) is 2.91. The first-order valence-electron chi connectivity index (χ1n) is 6.48. The minimum Gasteiger partial charge on any atom is -0.353 e. The highest BCUT2D eigenvalue weighted by molar-refractivity contribution is 5.94. The van der Waals surface area contributed by atoms with E-state index in [1.807, 2.05) is 50.1 Å². The van der Waals surface area contributed by atoms with E-state index in [4.69, 9.17) is 0 Å². The zero-order valence-corrected chi connectivity index (χ0v) is 12.0. The van der Waals surface area contributed by atoms with Crippen molar-refractivity contribution in [3.05, 3.63) is 42.0 Å². The molecular weight excluding hydrogens is 254 g/mol. The van der Waals surface area contributed by atoms with Gasteiger partial charge in [-0.1, -0.05) is 0 Å². The van der Waals surface area contributed by atoms with Gasteiger partial charge in [-0.2, -0.15) is 0 Å². The second-order valence-electron chi connectivity index (χ2n) is 4.74. The molecule has 6 nitrogen and oxygen atoms in total. The average molecular weight is 273 g/mol. The van der Waals surface area contributed by atoms with E-state index in [-0.39, 0.29) is 5.91 Å². The predicted molar refractivity (Wildman–Crippen MR) is 77.9 cm³/mol. The number of amides is 1. The van der Waals surface area contributed by atoms with Crippen LogP contribution in [0.1, 0.15) is 16.1 Å². The maximum atomic E-state index is 12.1. The van der Waals surface area contributed by atoms with Crippen LogP contribution < -0.4 is 10.2 Å². The van der Waals surface area contributed by atoms with Crippen molar-refractivity contribution < 1.29 is 4.79 Å². The summed E-state index contributed by atoms with van der Waals surface area (Å²) in [5, 5.41) is 2.87. The zero-order chi connectivity index (χ0) is 14.5. The van der Waals surface area contributed by atoms with Crippen molar-refractivity contribution >= 4 is 11.9 Å². The number of carbonyl (C=O) groups excluding carboxylic acids is 1. The van der Waals surface area contributed by atoms with Crippen molar-refractivity contribution in [1.82, 2.24) is 19.9 Å². The third-order valence-electron chi connectivity index (χ3n) is 2.93. The molecule has 0 atom stereocenters. The summed E-state index contributed by atoms with van der Waals surface area (Å²) in [5.74, 6) is 0.464. The molecule has 0 aliphatic heterocycles. The van der Waals surface area contributed by atoms with Gasteiger partial charge in [-0.25, -0.2) is 9.97 Å². The minimum absolute atomic E-state index is 0.139. The fourth-order valence-electron chi connectivity index (χ4n) is 1.81. The molecule has 0 aliphatic rings. The molecule has 0 saturated heterocycles. The van der Waals surface area contributed by atoms with Gasteiger partial charge in [0.15, 0.2) is 0 Å². The number of aryl methyl sites for hydroxylation is 1. The molecule has 1 amide bonds. The number of hydrogen-bond donors (Lipinski definition) is 1. The first kappa shape index (κ1) is 14.0. The highest BCUT2D eigenvalue weighted by Gasteiger charge is 2.11. The summed E-state index contributed by atoms with van der Waals surface area (Å²) in [6, 6.07) is 3.92. The van der Waals surface area contributed by atoms with Crippen LogP contribution >= 0.6 is 0 Å². The minimum atomic E-state index is -0.139. The van der Waals surface area contributed by atoms with E-state index in [2.05, 4.69) is 15.3 Å². The van der Waals surface area contributed by atoms with Gasteiger partial charge in [0.05, 0.1) is 11.3 Å². The standard InChI is InChI=1S/C14H19N5O/c1-11-12(10-16-14(17-11)18(2)3)13(20)15-6-9-19-7-4-5-8-19/h4-5,7-8,10H,6,9H2,1-3H3,(H,15,20). The van der Waals surface area contributed by atoms with Crippen molar-refractivity contribution in [3.63, 3.8) is 0 Å². The van der Waals surface area contributed by atoms with Crippen LogP contribution in [0.25, 0.3) is 0 Å². The Kier molecular flexibility index (Phi) is 4.34. The summed E-state index contributed by atoms with van der Waals surface area (Å²) in [7, 11) is 3.73. The molecule has 0 bridgehead atoms.